The standard InChI is InChI=1S/C56H45N3/c1-38-16-13-17-39(32-38)42-33-43(35-44(34-42)56(2)29-10-4-11-30-56)40-18-14-21-46(36-40)59-51-28-27-41(37-49(51)55-53(59)25-9-12-31-57-55)47-23-15-26-52-54(47)48-22-7-8-24-50(48)58(52)45-19-5-3-6-20-45/h3-11,13-29,31,33-38H,12,30,32H2,1-2H3. The molecule has 0 radical (unpaired) electrons. The fourth-order valence-corrected chi connectivity index (χ4v) is 9.66. The zero-order chi connectivity index (χ0) is 39.5. The predicted octanol–water partition coefficient (Wildman–Crippen LogP) is 14.9. The largest absolute Gasteiger partial charge is 0.309 e. The average molecular weight is 760 g/mol. The van der Waals surface area contributed by atoms with Gasteiger partial charge in [-0.1, -0.05) is 141 Å². The molecule has 59 heavy (non-hydrogen) atoms. The zero-order valence-electron chi connectivity index (χ0n) is 33.5. The van der Waals surface area contributed by atoms with Gasteiger partial charge in [-0.05, 0) is 118 Å². The molecule has 1 aliphatic heterocycles. The van der Waals surface area contributed by atoms with E-state index in [1.54, 1.807) is 0 Å². The maximum Gasteiger partial charge on any atom is 0.0959 e. The lowest BCUT2D eigenvalue weighted by Crippen LogP contribution is -2.19. The topological polar surface area (TPSA) is 22.2 Å². The molecule has 0 amide bonds. The molecule has 2 unspecified atom stereocenters. The lowest BCUT2D eigenvalue weighted by atomic mass is 9.75. The first kappa shape index (κ1) is 35.2. The van der Waals surface area contributed by atoms with E-state index in [4.69, 9.17) is 4.99 Å². The van der Waals surface area contributed by atoms with Gasteiger partial charge in [-0.2, -0.15) is 0 Å². The first-order chi connectivity index (χ1) is 29.0. The number of rotatable bonds is 6. The highest BCUT2D eigenvalue weighted by Gasteiger charge is 2.26. The van der Waals surface area contributed by atoms with Gasteiger partial charge in [0, 0.05) is 45.6 Å². The summed E-state index contributed by atoms with van der Waals surface area (Å²) in [5.41, 5.74) is 16.8. The Balaban J connectivity index is 1.07. The third-order valence-corrected chi connectivity index (χ3v) is 12.7. The second-order valence-corrected chi connectivity index (χ2v) is 16.7. The summed E-state index contributed by atoms with van der Waals surface area (Å²) in [6, 6.07) is 49.5. The lowest BCUT2D eigenvalue weighted by Gasteiger charge is -2.29. The molecule has 8 aromatic rings. The van der Waals surface area contributed by atoms with Crippen LogP contribution < -0.4 is 0 Å². The van der Waals surface area contributed by atoms with Crippen molar-refractivity contribution in [2.75, 3.05) is 0 Å². The Labute approximate surface area is 346 Å². The van der Waals surface area contributed by atoms with Gasteiger partial charge in [0.2, 0.25) is 0 Å². The SMILES string of the molecule is CC1C=CC=C(c2cc(-c3cccc(-n4c5c(c6cc(-c7cccc8c7c7ccccc7n8-c7ccccc7)ccc64)N=CCC=C5)c3)cc(C3(C)C=CC=CC3)c2)C1. The van der Waals surface area contributed by atoms with E-state index in [1.165, 1.54) is 60.8 Å². The van der Waals surface area contributed by atoms with Crippen LogP contribution in [0.3, 0.4) is 0 Å². The Morgan fingerprint density at radius 2 is 1.44 bits per heavy atom. The highest BCUT2D eigenvalue weighted by Crippen LogP contribution is 2.44. The van der Waals surface area contributed by atoms with Crippen LogP contribution in [0.4, 0.5) is 5.69 Å². The molecule has 284 valence electrons. The van der Waals surface area contributed by atoms with Crippen molar-refractivity contribution in [3.63, 3.8) is 0 Å². The monoisotopic (exact) mass is 759 g/mol. The summed E-state index contributed by atoms with van der Waals surface area (Å²) in [7, 11) is 0. The van der Waals surface area contributed by atoms with Crippen molar-refractivity contribution >= 4 is 56.3 Å². The number of para-hydroxylation sites is 2. The van der Waals surface area contributed by atoms with Crippen molar-refractivity contribution in [3.8, 4) is 33.6 Å². The van der Waals surface area contributed by atoms with Crippen LogP contribution in [-0.2, 0) is 5.41 Å². The lowest BCUT2D eigenvalue weighted by molar-refractivity contribution is 0.599. The minimum atomic E-state index is -0.0664. The Bertz CT molecular complexity index is 3160. The van der Waals surface area contributed by atoms with E-state index in [1.807, 2.05) is 6.21 Å². The van der Waals surface area contributed by atoms with E-state index < -0.39 is 0 Å². The van der Waals surface area contributed by atoms with Gasteiger partial charge in [0.15, 0.2) is 0 Å². The molecule has 0 bridgehead atoms. The minimum Gasteiger partial charge on any atom is -0.309 e. The fourth-order valence-electron chi connectivity index (χ4n) is 9.66. The van der Waals surface area contributed by atoms with E-state index in [0.29, 0.717) is 5.92 Å². The van der Waals surface area contributed by atoms with Crippen LogP contribution in [0.25, 0.3) is 78.0 Å². The van der Waals surface area contributed by atoms with Gasteiger partial charge < -0.3 is 9.13 Å². The summed E-state index contributed by atoms with van der Waals surface area (Å²) < 4.78 is 4.80. The first-order valence-electron chi connectivity index (χ1n) is 21.0. The van der Waals surface area contributed by atoms with Crippen molar-refractivity contribution in [2.45, 2.75) is 38.5 Å². The molecule has 0 saturated heterocycles. The van der Waals surface area contributed by atoms with E-state index in [-0.39, 0.29) is 5.41 Å². The Morgan fingerprint density at radius 1 is 0.627 bits per heavy atom. The maximum absolute atomic E-state index is 5.14. The van der Waals surface area contributed by atoms with E-state index in [2.05, 4.69) is 211 Å². The highest BCUT2D eigenvalue weighted by molar-refractivity contribution is 6.16. The Morgan fingerprint density at radius 3 is 2.32 bits per heavy atom. The third-order valence-electron chi connectivity index (χ3n) is 12.7. The molecular formula is C56H45N3. The van der Waals surface area contributed by atoms with Crippen molar-refractivity contribution in [2.24, 2.45) is 10.9 Å². The molecule has 2 aromatic heterocycles. The van der Waals surface area contributed by atoms with Crippen LogP contribution >= 0.6 is 0 Å². The summed E-state index contributed by atoms with van der Waals surface area (Å²) in [6.07, 6.45) is 25.3. The number of fused-ring (bicyclic) bond motifs is 6. The average Bonchev–Trinajstić information content (AvgIpc) is 3.66. The number of allylic oxidation sites excluding steroid dienone is 9. The second kappa shape index (κ2) is 14.1. The smallest absolute Gasteiger partial charge is 0.0959 e. The Hall–Kier alpha value is -6.97. The highest BCUT2D eigenvalue weighted by atomic mass is 15.0. The van der Waals surface area contributed by atoms with E-state index >= 15 is 0 Å². The van der Waals surface area contributed by atoms with Crippen LogP contribution in [-0.4, -0.2) is 15.3 Å². The molecule has 2 aliphatic carbocycles. The molecule has 0 fully saturated rings. The predicted molar refractivity (Wildman–Crippen MR) is 251 cm³/mol. The van der Waals surface area contributed by atoms with Crippen molar-refractivity contribution < 1.29 is 0 Å². The van der Waals surface area contributed by atoms with Crippen LogP contribution in [0.2, 0.25) is 0 Å². The van der Waals surface area contributed by atoms with Gasteiger partial charge in [0.25, 0.3) is 0 Å². The van der Waals surface area contributed by atoms with Crippen molar-refractivity contribution in [1.29, 1.82) is 0 Å². The van der Waals surface area contributed by atoms with Gasteiger partial charge in [-0.15, -0.1) is 0 Å². The molecular weight excluding hydrogens is 715 g/mol. The zero-order valence-corrected chi connectivity index (χ0v) is 33.5. The van der Waals surface area contributed by atoms with Gasteiger partial charge in [0.05, 0.1) is 27.9 Å². The molecule has 0 saturated carbocycles. The number of aliphatic imine (C=N–C) groups is 1. The summed E-state index contributed by atoms with van der Waals surface area (Å²) in [4.78, 5) is 5.14. The van der Waals surface area contributed by atoms with Crippen LogP contribution in [0.5, 0.6) is 0 Å². The van der Waals surface area contributed by atoms with Gasteiger partial charge in [-0.3, -0.25) is 4.99 Å². The summed E-state index contributed by atoms with van der Waals surface area (Å²) in [5, 5.41) is 3.66. The molecule has 0 N–H and O–H groups in total. The van der Waals surface area contributed by atoms with Gasteiger partial charge in [0.1, 0.15) is 0 Å². The number of nitrogens with zero attached hydrogens (tertiary/aromatic N) is 3. The number of hydrogen-bond donors (Lipinski definition) is 0. The van der Waals surface area contributed by atoms with Crippen LogP contribution in [0.15, 0.2) is 187 Å². The van der Waals surface area contributed by atoms with Gasteiger partial charge in [-0.25, -0.2) is 0 Å². The number of benzene rings is 6. The molecule has 3 heteroatoms. The quantitative estimate of drug-likeness (QED) is 0.161. The number of hydrogen-bond acceptors (Lipinski definition) is 1. The van der Waals surface area contributed by atoms with Crippen LogP contribution in [0, 0.1) is 5.92 Å². The van der Waals surface area contributed by atoms with Gasteiger partial charge >= 0.3 is 0 Å². The fraction of sp³-hybridized carbons (Fsp3) is 0.125. The molecule has 11 rings (SSSR count). The second-order valence-electron chi connectivity index (χ2n) is 16.7. The van der Waals surface area contributed by atoms with E-state index in [9.17, 15) is 0 Å². The first-order valence-corrected chi connectivity index (χ1v) is 21.0. The van der Waals surface area contributed by atoms with E-state index in [0.717, 1.165) is 52.9 Å². The third kappa shape index (κ3) is 6.00. The van der Waals surface area contributed by atoms with Crippen molar-refractivity contribution in [1.82, 2.24) is 9.13 Å². The molecule has 0 spiro atoms. The van der Waals surface area contributed by atoms with Crippen LogP contribution in [0.1, 0.15) is 49.9 Å². The maximum atomic E-state index is 5.14. The summed E-state index contributed by atoms with van der Waals surface area (Å²) >= 11 is 0. The molecule has 2 atom stereocenters. The minimum absolute atomic E-state index is 0.0664. The Kier molecular flexibility index (Phi) is 8.44. The summed E-state index contributed by atoms with van der Waals surface area (Å²) in [5.74, 6) is 0.523. The molecule has 3 heterocycles. The normalized spacial score (nSPS) is 18.5. The summed E-state index contributed by atoms with van der Waals surface area (Å²) in [6.45, 7) is 4.68. The molecule has 6 aromatic carbocycles. The molecule has 3 nitrogen and oxygen atoms in total. The number of aromatic nitrogens is 2. The van der Waals surface area contributed by atoms with Crippen molar-refractivity contribution in [3.05, 3.63) is 199 Å². The molecule has 3 aliphatic rings.